The van der Waals surface area contributed by atoms with Crippen LogP contribution >= 0.6 is 0 Å². The van der Waals surface area contributed by atoms with Crippen LogP contribution in [0.2, 0.25) is 0 Å². The molecule has 2 heterocycles. The fourth-order valence-electron chi connectivity index (χ4n) is 4.49. The summed E-state index contributed by atoms with van der Waals surface area (Å²) in [5.74, 6) is -1.05. The number of fused-ring (bicyclic) bond motifs is 2. The van der Waals surface area contributed by atoms with Gasteiger partial charge in [0.05, 0.1) is 34.8 Å². The van der Waals surface area contributed by atoms with E-state index in [0.29, 0.717) is 33.9 Å². The Morgan fingerprint density at radius 2 is 1.70 bits per heavy atom. The zero-order valence-corrected chi connectivity index (χ0v) is 17.7. The van der Waals surface area contributed by atoms with Crippen molar-refractivity contribution in [1.82, 2.24) is 5.32 Å². The zero-order valence-electron chi connectivity index (χ0n) is 17.7. The highest BCUT2D eigenvalue weighted by molar-refractivity contribution is 6.23. The monoisotopic (exact) mass is 442 g/mol. The summed E-state index contributed by atoms with van der Waals surface area (Å²) in [6.07, 6.45) is 0. The van der Waals surface area contributed by atoms with Crippen LogP contribution in [-0.4, -0.2) is 23.8 Å². The number of hydrogen-bond donors (Lipinski definition) is 1. The number of benzene rings is 2. The standard InChI is InChI=1S/C25H18N2O6/c1-13-20(25(29)32-2)21(22-23(26-13)14-7-3-4-8-15(14)24(22)28)19-12-11-18(33-19)16-9-5-6-10-17(16)27(30)31/h3-12,21,26H,1-2H3. The SMILES string of the molecule is COC(=O)C1=C(C)NC2=C(C(=O)c3ccccc32)C1c1ccc(-c2ccccc2[N+](=O)[O-])o1. The third-order valence-electron chi connectivity index (χ3n) is 5.93. The first-order valence-corrected chi connectivity index (χ1v) is 10.2. The number of ketones is 1. The molecule has 0 bridgehead atoms. The van der Waals surface area contributed by atoms with Crippen LogP contribution in [0, 0.1) is 10.1 Å². The second-order valence-electron chi connectivity index (χ2n) is 7.73. The van der Waals surface area contributed by atoms with Gasteiger partial charge in [0, 0.05) is 28.5 Å². The topological polar surface area (TPSA) is 112 Å². The van der Waals surface area contributed by atoms with E-state index in [9.17, 15) is 19.7 Å². The number of nitro benzene ring substituents is 1. The highest BCUT2D eigenvalue weighted by atomic mass is 16.6. The molecule has 1 aliphatic carbocycles. The minimum atomic E-state index is -0.829. The largest absolute Gasteiger partial charge is 0.466 e. The van der Waals surface area contributed by atoms with E-state index in [-0.39, 0.29) is 22.8 Å². The molecule has 8 heteroatoms. The fraction of sp³-hybridized carbons (Fsp3) is 0.120. The number of carbonyl (C=O) groups is 2. The van der Waals surface area contributed by atoms with E-state index in [1.165, 1.54) is 13.2 Å². The second kappa shape index (κ2) is 7.59. The Balaban J connectivity index is 1.69. The first kappa shape index (κ1) is 20.4. The van der Waals surface area contributed by atoms with Gasteiger partial charge < -0.3 is 14.5 Å². The molecule has 2 aromatic carbocycles. The zero-order chi connectivity index (χ0) is 23.3. The van der Waals surface area contributed by atoms with Crippen LogP contribution in [0.1, 0.15) is 34.5 Å². The summed E-state index contributed by atoms with van der Waals surface area (Å²) in [7, 11) is 1.27. The summed E-state index contributed by atoms with van der Waals surface area (Å²) in [6, 6.07) is 16.7. The number of esters is 1. The summed E-state index contributed by atoms with van der Waals surface area (Å²) in [4.78, 5) is 37.2. The van der Waals surface area contributed by atoms with E-state index in [2.05, 4.69) is 5.32 Å². The second-order valence-corrected chi connectivity index (χ2v) is 7.73. The lowest BCUT2D eigenvalue weighted by molar-refractivity contribution is -0.384. The third-order valence-corrected chi connectivity index (χ3v) is 5.93. The highest BCUT2D eigenvalue weighted by Gasteiger charge is 2.44. The van der Waals surface area contributed by atoms with Crippen LogP contribution in [0.3, 0.4) is 0 Å². The van der Waals surface area contributed by atoms with Crippen molar-refractivity contribution in [3.63, 3.8) is 0 Å². The number of carbonyl (C=O) groups excluding carboxylic acids is 2. The molecule has 1 unspecified atom stereocenters. The lowest BCUT2D eigenvalue weighted by Crippen LogP contribution is -2.28. The molecule has 164 valence electrons. The maximum absolute atomic E-state index is 13.4. The van der Waals surface area contributed by atoms with E-state index in [0.717, 1.165) is 5.56 Å². The average molecular weight is 442 g/mol. The Morgan fingerprint density at radius 1 is 1.03 bits per heavy atom. The van der Waals surface area contributed by atoms with Gasteiger partial charge in [0.25, 0.3) is 5.69 Å². The predicted octanol–water partition coefficient (Wildman–Crippen LogP) is 4.60. The van der Waals surface area contributed by atoms with Crippen molar-refractivity contribution in [2.24, 2.45) is 0 Å². The Kier molecular flexibility index (Phi) is 4.70. The highest BCUT2D eigenvalue weighted by Crippen LogP contribution is 2.47. The van der Waals surface area contributed by atoms with Gasteiger partial charge >= 0.3 is 5.97 Å². The van der Waals surface area contributed by atoms with Gasteiger partial charge in [-0.05, 0) is 25.1 Å². The van der Waals surface area contributed by atoms with Crippen LogP contribution in [0.4, 0.5) is 5.69 Å². The maximum atomic E-state index is 13.4. The van der Waals surface area contributed by atoms with Crippen LogP contribution in [0.25, 0.3) is 17.0 Å². The molecule has 33 heavy (non-hydrogen) atoms. The summed E-state index contributed by atoms with van der Waals surface area (Å²) >= 11 is 0. The van der Waals surface area contributed by atoms with Crippen molar-refractivity contribution >= 4 is 23.1 Å². The van der Waals surface area contributed by atoms with Gasteiger partial charge in [-0.15, -0.1) is 0 Å². The average Bonchev–Trinajstić information content (AvgIpc) is 3.42. The Hall–Kier alpha value is -4.46. The van der Waals surface area contributed by atoms with Gasteiger partial charge in [0.1, 0.15) is 11.5 Å². The Morgan fingerprint density at radius 3 is 2.39 bits per heavy atom. The van der Waals surface area contributed by atoms with Crippen molar-refractivity contribution in [1.29, 1.82) is 0 Å². The van der Waals surface area contributed by atoms with Crippen molar-refractivity contribution in [3.8, 4) is 11.3 Å². The smallest absolute Gasteiger partial charge is 0.336 e. The quantitative estimate of drug-likeness (QED) is 0.357. The number of hydrogen-bond acceptors (Lipinski definition) is 7. The lowest BCUT2D eigenvalue weighted by Gasteiger charge is -2.27. The molecule has 2 aliphatic rings. The van der Waals surface area contributed by atoms with Crippen LogP contribution in [0.15, 0.2) is 81.9 Å². The molecular weight excluding hydrogens is 424 g/mol. The molecule has 1 aliphatic heterocycles. The normalized spacial score (nSPS) is 16.9. The van der Waals surface area contributed by atoms with Gasteiger partial charge in [-0.1, -0.05) is 36.4 Å². The molecule has 5 rings (SSSR count). The van der Waals surface area contributed by atoms with Crippen LogP contribution in [-0.2, 0) is 9.53 Å². The number of ether oxygens (including phenoxy) is 1. The third kappa shape index (κ3) is 3.07. The molecule has 1 atom stereocenters. The predicted molar refractivity (Wildman–Crippen MR) is 119 cm³/mol. The molecule has 0 saturated carbocycles. The minimum absolute atomic E-state index is 0.104. The minimum Gasteiger partial charge on any atom is -0.466 e. The number of methoxy groups -OCH3 is 1. The Bertz CT molecular complexity index is 1410. The van der Waals surface area contributed by atoms with E-state index in [1.54, 1.807) is 49.4 Å². The van der Waals surface area contributed by atoms with E-state index in [1.807, 2.05) is 12.1 Å². The molecule has 1 aromatic heterocycles. The molecule has 3 aromatic rings. The number of furan rings is 1. The van der Waals surface area contributed by atoms with Gasteiger partial charge in [-0.2, -0.15) is 0 Å². The number of nitrogens with one attached hydrogen (secondary N) is 1. The molecule has 8 nitrogen and oxygen atoms in total. The van der Waals surface area contributed by atoms with Gasteiger partial charge in [-0.25, -0.2) is 4.79 Å². The van der Waals surface area contributed by atoms with Gasteiger partial charge in [0.2, 0.25) is 0 Å². The van der Waals surface area contributed by atoms with Crippen LogP contribution in [0.5, 0.6) is 0 Å². The first-order valence-electron chi connectivity index (χ1n) is 10.2. The van der Waals surface area contributed by atoms with Crippen LogP contribution < -0.4 is 5.32 Å². The molecule has 0 saturated heterocycles. The number of allylic oxidation sites excluding steroid dienone is 2. The summed E-state index contributed by atoms with van der Waals surface area (Å²) in [5, 5.41) is 14.7. The fourth-order valence-corrected chi connectivity index (χ4v) is 4.49. The van der Waals surface area contributed by atoms with Gasteiger partial charge in [-0.3, -0.25) is 14.9 Å². The molecule has 0 spiro atoms. The lowest BCUT2D eigenvalue weighted by atomic mass is 9.83. The number of dihydropyridines is 1. The molecule has 0 amide bonds. The summed E-state index contributed by atoms with van der Waals surface area (Å²) < 4.78 is 11.1. The number of nitrogens with zero attached hydrogens (tertiary/aromatic N) is 1. The maximum Gasteiger partial charge on any atom is 0.336 e. The number of Topliss-reactive ketones (excluding diaryl/α,β-unsaturated/α-hetero) is 1. The van der Waals surface area contributed by atoms with Gasteiger partial charge in [0.15, 0.2) is 5.78 Å². The number of para-hydroxylation sites is 1. The molecule has 0 radical (unpaired) electrons. The van der Waals surface area contributed by atoms with E-state index in [4.69, 9.17) is 9.15 Å². The first-order chi connectivity index (χ1) is 15.9. The molecular formula is C25H18N2O6. The summed E-state index contributed by atoms with van der Waals surface area (Å²) in [6.45, 7) is 1.74. The van der Waals surface area contributed by atoms with E-state index < -0.39 is 16.8 Å². The number of nitro groups is 1. The summed E-state index contributed by atoms with van der Waals surface area (Å²) in [5.41, 5.74) is 3.27. The molecule has 0 fully saturated rings. The van der Waals surface area contributed by atoms with Crippen molar-refractivity contribution in [2.45, 2.75) is 12.8 Å². The Labute approximate surface area is 188 Å². The van der Waals surface area contributed by atoms with E-state index >= 15 is 0 Å². The van der Waals surface area contributed by atoms with Crippen molar-refractivity contribution in [3.05, 3.63) is 105 Å². The van der Waals surface area contributed by atoms with Crippen molar-refractivity contribution in [2.75, 3.05) is 7.11 Å². The van der Waals surface area contributed by atoms with Crippen molar-refractivity contribution < 1.29 is 23.7 Å². The molecule has 1 N–H and O–H groups in total. The number of rotatable bonds is 4.